The molecule has 5 heteroatoms. The average Bonchev–Trinajstić information content (AvgIpc) is 2.05. The number of nitrogens with zero attached hydrogens (tertiary/aromatic N) is 2. The summed E-state index contributed by atoms with van der Waals surface area (Å²) >= 11 is 5.64. The van der Waals surface area contributed by atoms with Crippen LogP contribution in [0.1, 0.15) is 6.42 Å². The summed E-state index contributed by atoms with van der Waals surface area (Å²) in [6, 6.07) is 1.68. The number of nitrogens with one attached hydrogen (secondary N) is 1. The molecule has 0 saturated heterocycles. The van der Waals surface area contributed by atoms with E-state index in [2.05, 4.69) is 15.3 Å². The largest absolute Gasteiger partial charge is 0.370 e. The molecule has 1 aromatic rings. The molecule has 0 aromatic carbocycles. The molecule has 0 aliphatic heterocycles. The maximum absolute atomic E-state index is 5.64. The normalized spacial score (nSPS) is 9.83. The van der Waals surface area contributed by atoms with Crippen LogP contribution >= 0.6 is 11.6 Å². The quantitative estimate of drug-likeness (QED) is 0.542. The number of anilines is 1. The smallest absolute Gasteiger partial charge is 0.134 e. The fourth-order valence-corrected chi connectivity index (χ4v) is 0.896. The number of hydrogen-bond donors (Lipinski definition) is 2. The molecule has 0 spiro atoms. The molecule has 0 atom stereocenters. The van der Waals surface area contributed by atoms with E-state index >= 15 is 0 Å². The minimum absolute atomic E-state index is 0.445. The van der Waals surface area contributed by atoms with E-state index in [-0.39, 0.29) is 0 Å². The third-order valence-electron chi connectivity index (χ3n) is 1.32. The lowest BCUT2D eigenvalue weighted by Crippen LogP contribution is -2.09. The summed E-state index contributed by atoms with van der Waals surface area (Å²) in [5.74, 6) is 0.739. The van der Waals surface area contributed by atoms with Crippen molar-refractivity contribution in [2.75, 3.05) is 18.4 Å². The van der Waals surface area contributed by atoms with Gasteiger partial charge in [0.1, 0.15) is 17.3 Å². The lowest BCUT2D eigenvalue weighted by Gasteiger charge is -2.02. The Labute approximate surface area is 76.2 Å². The molecule has 4 nitrogen and oxygen atoms in total. The van der Waals surface area contributed by atoms with Crippen LogP contribution in [0, 0.1) is 0 Å². The highest BCUT2D eigenvalue weighted by Gasteiger charge is 1.93. The first kappa shape index (κ1) is 9.22. The lowest BCUT2D eigenvalue weighted by molar-refractivity contribution is 0.869. The van der Waals surface area contributed by atoms with Crippen LogP contribution < -0.4 is 11.1 Å². The number of rotatable bonds is 4. The van der Waals surface area contributed by atoms with Crippen LogP contribution in [0.5, 0.6) is 0 Å². The van der Waals surface area contributed by atoms with Gasteiger partial charge >= 0.3 is 0 Å². The van der Waals surface area contributed by atoms with Gasteiger partial charge in [-0.2, -0.15) is 0 Å². The van der Waals surface area contributed by atoms with Gasteiger partial charge in [-0.25, -0.2) is 9.97 Å². The van der Waals surface area contributed by atoms with Gasteiger partial charge in [-0.1, -0.05) is 11.6 Å². The van der Waals surface area contributed by atoms with E-state index in [1.165, 1.54) is 6.33 Å². The number of hydrogen-bond acceptors (Lipinski definition) is 4. The van der Waals surface area contributed by atoms with Crippen LogP contribution in [0.25, 0.3) is 0 Å². The molecule has 0 bridgehead atoms. The van der Waals surface area contributed by atoms with Crippen molar-refractivity contribution in [1.29, 1.82) is 0 Å². The number of aromatic nitrogens is 2. The van der Waals surface area contributed by atoms with Gasteiger partial charge < -0.3 is 11.1 Å². The number of nitrogens with two attached hydrogens (primary N) is 1. The molecule has 0 amide bonds. The standard InChI is InChI=1S/C7H11ClN4/c8-6-4-7(12-5-11-6)10-3-1-2-9/h4-5H,1-3,9H2,(H,10,11,12). The molecule has 0 saturated carbocycles. The Bertz CT molecular complexity index is 241. The predicted octanol–water partition coefficient (Wildman–Crippen LogP) is 0.891. The Hall–Kier alpha value is -0.870. The molecule has 0 fully saturated rings. The summed E-state index contributed by atoms with van der Waals surface area (Å²) in [5.41, 5.74) is 5.32. The zero-order valence-electron chi connectivity index (χ0n) is 6.63. The minimum Gasteiger partial charge on any atom is -0.370 e. The summed E-state index contributed by atoms with van der Waals surface area (Å²) in [6.07, 6.45) is 2.34. The monoisotopic (exact) mass is 186 g/mol. The van der Waals surface area contributed by atoms with Crippen LogP contribution in [-0.4, -0.2) is 23.1 Å². The molecule has 3 N–H and O–H groups in total. The van der Waals surface area contributed by atoms with E-state index in [9.17, 15) is 0 Å². The zero-order chi connectivity index (χ0) is 8.81. The molecule has 0 radical (unpaired) electrons. The molecule has 0 aliphatic rings. The van der Waals surface area contributed by atoms with Crippen LogP contribution in [0.15, 0.2) is 12.4 Å². The molecular weight excluding hydrogens is 176 g/mol. The minimum atomic E-state index is 0.445. The third-order valence-corrected chi connectivity index (χ3v) is 1.53. The van der Waals surface area contributed by atoms with Crippen LogP contribution in [0.4, 0.5) is 5.82 Å². The maximum Gasteiger partial charge on any atom is 0.134 e. The van der Waals surface area contributed by atoms with E-state index in [1.54, 1.807) is 6.07 Å². The van der Waals surface area contributed by atoms with Crippen molar-refractivity contribution in [3.8, 4) is 0 Å². The van der Waals surface area contributed by atoms with Gasteiger partial charge in [0.2, 0.25) is 0 Å². The van der Waals surface area contributed by atoms with E-state index in [1.807, 2.05) is 0 Å². The second-order valence-electron chi connectivity index (χ2n) is 2.29. The van der Waals surface area contributed by atoms with Gasteiger partial charge in [0.15, 0.2) is 0 Å². The number of halogens is 1. The molecule has 1 rings (SSSR count). The van der Waals surface area contributed by atoms with Crippen molar-refractivity contribution in [3.05, 3.63) is 17.5 Å². The van der Waals surface area contributed by atoms with Gasteiger partial charge in [-0.05, 0) is 13.0 Å². The first-order valence-electron chi connectivity index (χ1n) is 3.74. The van der Waals surface area contributed by atoms with E-state index in [0.29, 0.717) is 11.7 Å². The van der Waals surface area contributed by atoms with Crippen LogP contribution in [0.2, 0.25) is 5.15 Å². The summed E-state index contributed by atoms with van der Waals surface area (Å²) < 4.78 is 0. The fraction of sp³-hybridized carbons (Fsp3) is 0.429. The van der Waals surface area contributed by atoms with Gasteiger partial charge in [0, 0.05) is 12.6 Å². The third kappa shape index (κ3) is 3.02. The van der Waals surface area contributed by atoms with E-state index in [4.69, 9.17) is 17.3 Å². The second-order valence-corrected chi connectivity index (χ2v) is 2.68. The maximum atomic E-state index is 5.64. The van der Waals surface area contributed by atoms with Crippen molar-refractivity contribution in [2.24, 2.45) is 5.73 Å². The van der Waals surface area contributed by atoms with Crippen LogP contribution in [0.3, 0.4) is 0 Å². The Morgan fingerprint density at radius 2 is 2.33 bits per heavy atom. The van der Waals surface area contributed by atoms with E-state index < -0.39 is 0 Å². The summed E-state index contributed by atoms with van der Waals surface area (Å²) in [5, 5.41) is 3.52. The van der Waals surface area contributed by atoms with E-state index in [0.717, 1.165) is 18.8 Å². The van der Waals surface area contributed by atoms with Crippen molar-refractivity contribution in [3.63, 3.8) is 0 Å². The molecule has 66 valence electrons. The Balaban J connectivity index is 2.41. The van der Waals surface area contributed by atoms with Gasteiger partial charge in [-0.3, -0.25) is 0 Å². The van der Waals surface area contributed by atoms with Crippen molar-refractivity contribution in [2.45, 2.75) is 6.42 Å². The van der Waals surface area contributed by atoms with Crippen LogP contribution in [-0.2, 0) is 0 Å². The SMILES string of the molecule is NCCCNc1cc(Cl)ncn1. The van der Waals surface area contributed by atoms with Crippen molar-refractivity contribution < 1.29 is 0 Å². The van der Waals surface area contributed by atoms with Gasteiger partial charge in [-0.15, -0.1) is 0 Å². The highest BCUT2D eigenvalue weighted by molar-refractivity contribution is 6.29. The summed E-state index contributed by atoms with van der Waals surface area (Å²) in [6.45, 7) is 1.48. The molecular formula is C7H11ClN4. The molecule has 12 heavy (non-hydrogen) atoms. The van der Waals surface area contributed by atoms with Crippen molar-refractivity contribution in [1.82, 2.24) is 9.97 Å². The first-order chi connectivity index (χ1) is 5.83. The lowest BCUT2D eigenvalue weighted by atomic mass is 10.4. The Morgan fingerprint density at radius 3 is 3.00 bits per heavy atom. The Morgan fingerprint density at radius 1 is 1.50 bits per heavy atom. The molecule has 1 heterocycles. The predicted molar refractivity (Wildman–Crippen MR) is 49.2 cm³/mol. The average molecular weight is 187 g/mol. The van der Waals surface area contributed by atoms with Gasteiger partial charge in [0.25, 0.3) is 0 Å². The first-order valence-corrected chi connectivity index (χ1v) is 4.12. The zero-order valence-corrected chi connectivity index (χ0v) is 7.38. The van der Waals surface area contributed by atoms with Crippen molar-refractivity contribution >= 4 is 17.4 Å². The Kier molecular flexibility index (Phi) is 3.76. The summed E-state index contributed by atoms with van der Waals surface area (Å²) in [4.78, 5) is 7.72. The molecule has 1 aromatic heterocycles. The fourth-order valence-electron chi connectivity index (χ4n) is 0.749. The molecule has 0 unspecified atom stereocenters. The summed E-state index contributed by atoms with van der Waals surface area (Å²) in [7, 11) is 0. The molecule has 0 aliphatic carbocycles. The topological polar surface area (TPSA) is 63.8 Å². The second kappa shape index (κ2) is 4.90. The highest BCUT2D eigenvalue weighted by atomic mass is 35.5. The highest BCUT2D eigenvalue weighted by Crippen LogP contribution is 2.07. The van der Waals surface area contributed by atoms with Gasteiger partial charge in [0.05, 0.1) is 0 Å².